The molecule has 0 spiro atoms. The Balaban J connectivity index is 2.39. The predicted octanol–water partition coefficient (Wildman–Crippen LogP) is 1.99. The molecule has 3 rings (SSSR count). The van der Waals surface area contributed by atoms with Crippen molar-refractivity contribution < 1.29 is 29.9 Å². The molecule has 7 heteroatoms. The molecular weight excluding hydrogens is 292 g/mol. The van der Waals surface area contributed by atoms with Crippen molar-refractivity contribution in [2.45, 2.75) is 0 Å². The van der Waals surface area contributed by atoms with Crippen molar-refractivity contribution in [3.63, 3.8) is 0 Å². The number of phenolic OH excluding ortho intramolecular Hbond substituents is 4. The highest BCUT2D eigenvalue weighted by molar-refractivity contribution is 5.84. The van der Waals surface area contributed by atoms with Gasteiger partial charge >= 0.3 is 0 Å². The number of aromatic hydroxyl groups is 5. The molecule has 0 saturated carbocycles. The van der Waals surface area contributed by atoms with Crippen molar-refractivity contribution in [3.05, 3.63) is 40.6 Å². The van der Waals surface area contributed by atoms with Crippen LogP contribution < -0.4 is 5.43 Å². The van der Waals surface area contributed by atoms with Crippen molar-refractivity contribution in [1.82, 2.24) is 0 Å². The second kappa shape index (κ2) is 4.59. The average molecular weight is 302 g/mol. The minimum Gasteiger partial charge on any atom is -0.508 e. The van der Waals surface area contributed by atoms with Gasteiger partial charge in [0.1, 0.15) is 11.3 Å². The Bertz CT molecular complexity index is 956. The standard InChI is InChI=1S/C15H10O7/c16-6-1-2-7-10(5-6)22-15(14(21)11(7)18)8-3-4-9(17)13(20)12(8)19/h1-5,16-17,19-21H. The highest BCUT2D eigenvalue weighted by Gasteiger charge is 2.21. The van der Waals surface area contributed by atoms with Crippen LogP contribution in [0.15, 0.2) is 39.5 Å². The van der Waals surface area contributed by atoms with Gasteiger partial charge in [0.05, 0.1) is 10.9 Å². The molecule has 1 heterocycles. The van der Waals surface area contributed by atoms with Crippen LogP contribution in [0.25, 0.3) is 22.3 Å². The number of phenols is 4. The van der Waals surface area contributed by atoms with Gasteiger partial charge in [-0.25, -0.2) is 0 Å². The maximum absolute atomic E-state index is 12.1. The van der Waals surface area contributed by atoms with E-state index in [1.54, 1.807) is 0 Å². The first-order valence-electron chi connectivity index (χ1n) is 6.13. The van der Waals surface area contributed by atoms with Crippen LogP contribution in [0.3, 0.4) is 0 Å². The van der Waals surface area contributed by atoms with Crippen LogP contribution in [0, 0.1) is 0 Å². The van der Waals surface area contributed by atoms with Crippen molar-refractivity contribution in [2.24, 2.45) is 0 Å². The van der Waals surface area contributed by atoms with Crippen LogP contribution in [0.5, 0.6) is 28.7 Å². The van der Waals surface area contributed by atoms with E-state index in [1.165, 1.54) is 18.2 Å². The molecule has 0 aliphatic carbocycles. The number of rotatable bonds is 1. The van der Waals surface area contributed by atoms with Crippen LogP contribution in [-0.4, -0.2) is 25.5 Å². The monoisotopic (exact) mass is 302 g/mol. The quantitative estimate of drug-likeness (QED) is 0.434. The van der Waals surface area contributed by atoms with Crippen LogP contribution in [0.4, 0.5) is 0 Å². The Morgan fingerprint density at radius 1 is 0.818 bits per heavy atom. The van der Waals surface area contributed by atoms with Crippen molar-refractivity contribution in [1.29, 1.82) is 0 Å². The molecule has 3 aromatic rings. The first-order chi connectivity index (χ1) is 10.4. The van der Waals surface area contributed by atoms with E-state index in [4.69, 9.17) is 4.42 Å². The fourth-order valence-corrected chi connectivity index (χ4v) is 2.11. The third-order valence-corrected chi connectivity index (χ3v) is 3.23. The van der Waals surface area contributed by atoms with E-state index in [0.717, 1.165) is 12.1 Å². The summed E-state index contributed by atoms with van der Waals surface area (Å²) >= 11 is 0. The molecule has 0 bridgehead atoms. The number of fused-ring (bicyclic) bond motifs is 1. The third-order valence-electron chi connectivity index (χ3n) is 3.23. The summed E-state index contributed by atoms with van der Waals surface area (Å²) in [5, 5.41) is 48.1. The van der Waals surface area contributed by atoms with Gasteiger partial charge in [0.25, 0.3) is 0 Å². The molecule has 5 N–H and O–H groups in total. The minimum atomic E-state index is -0.810. The predicted molar refractivity (Wildman–Crippen MR) is 76.2 cm³/mol. The molecular formula is C15H10O7. The molecule has 7 nitrogen and oxygen atoms in total. The van der Waals surface area contributed by atoms with E-state index < -0.39 is 34.2 Å². The SMILES string of the molecule is O=c1c(O)c(-c2ccc(O)c(O)c2O)oc2cc(O)ccc12. The fraction of sp³-hybridized carbons (Fsp3) is 0. The summed E-state index contributed by atoms with van der Waals surface area (Å²) < 4.78 is 5.35. The molecule has 0 saturated heterocycles. The molecule has 0 fully saturated rings. The van der Waals surface area contributed by atoms with Gasteiger partial charge < -0.3 is 29.9 Å². The second-order valence-corrected chi connectivity index (χ2v) is 4.62. The summed E-state index contributed by atoms with van der Waals surface area (Å²) in [6.45, 7) is 0. The Hall–Kier alpha value is -3.35. The summed E-state index contributed by atoms with van der Waals surface area (Å²) in [7, 11) is 0. The Kier molecular flexibility index (Phi) is 2.84. The topological polar surface area (TPSA) is 131 Å². The van der Waals surface area contributed by atoms with Gasteiger partial charge in [-0.05, 0) is 24.3 Å². The lowest BCUT2D eigenvalue weighted by atomic mass is 10.1. The van der Waals surface area contributed by atoms with E-state index >= 15 is 0 Å². The largest absolute Gasteiger partial charge is 0.508 e. The second-order valence-electron chi connectivity index (χ2n) is 4.62. The van der Waals surface area contributed by atoms with Crippen molar-refractivity contribution in [2.75, 3.05) is 0 Å². The fourth-order valence-electron chi connectivity index (χ4n) is 2.11. The maximum atomic E-state index is 12.1. The molecule has 0 amide bonds. The van der Waals surface area contributed by atoms with E-state index in [0.29, 0.717) is 0 Å². The van der Waals surface area contributed by atoms with E-state index in [1.807, 2.05) is 0 Å². The van der Waals surface area contributed by atoms with Gasteiger partial charge in [-0.1, -0.05) is 0 Å². The van der Waals surface area contributed by atoms with Crippen LogP contribution in [0.1, 0.15) is 0 Å². The van der Waals surface area contributed by atoms with Gasteiger partial charge in [0.15, 0.2) is 17.3 Å². The smallest absolute Gasteiger partial charge is 0.235 e. The Morgan fingerprint density at radius 2 is 1.55 bits per heavy atom. The number of hydrogen-bond donors (Lipinski definition) is 5. The van der Waals surface area contributed by atoms with Gasteiger partial charge in [-0.2, -0.15) is 0 Å². The number of hydrogen-bond acceptors (Lipinski definition) is 7. The number of benzene rings is 2. The zero-order valence-electron chi connectivity index (χ0n) is 10.9. The lowest BCUT2D eigenvalue weighted by Gasteiger charge is -2.09. The van der Waals surface area contributed by atoms with Gasteiger partial charge in [0.2, 0.25) is 16.9 Å². The summed E-state index contributed by atoms with van der Waals surface area (Å²) in [5.41, 5.74) is -0.955. The molecule has 0 aliphatic rings. The molecule has 0 atom stereocenters. The Morgan fingerprint density at radius 3 is 2.27 bits per heavy atom. The minimum absolute atomic E-state index is 0.00948. The molecule has 0 radical (unpaired) electrons. The summed E-state index contributed by atoms with van der Waals surface area (Å²) in [4.78, 5) is 12.1. The van der Waals surface area contributed by atoms with E-state index in [-0.39, 0.29) is 22.3 Å². The lowest BCUT2D eigenvalue weighted by molar-refractivity contribution is 0.367. The first-order valence-corrected chi connectivity index (χ1v) is 6.13. The molecule has 0 unspecified atom stereocenters. The van der Waals surface area contributed by atoms with Crippen molar-refractivity contribution >= 4 is 11.0 Å². The lowest BCUT2D eigenvalue weighted by Crippen LogP contribution is -2.02. The zero-order chi connectivity index (χ0) is 16.0. The molecule has 22 heavy (non-hydrogen) atoms. The zero-order valence-corrected chi connectivity index (χ0v) is 10.9. The maximum Gasteiger partial charge on any atom is 0.235 e. The van der Waals surface area contributed by atoms with Gasteiger partial charge in [0, 0.05) is 6.07 Å². The van der Waals surface area contributed by atoms with Gasteiger partial charge in [-0.15, -0.1) is 0 Å². The highest BCUT2D eigenvalue weighted by Crippen LogP contribution is 2.44. The van der Waals surface area contributed by atoms with Crippen LogP contribution >= 0.6 is 0 Å². The molecule has 112 valence electrons. The first kappa shape index (κ1) is 13.6. The highest BCUT2D eigenvalue weighted by atomic mass is 16.4. The molecule has 1 aromatic heterocycles. The normalized spacial score (nSPS) is 10.9. The summed E-state index contributed by atoms with van der Waals surface area (Å²) in [5.74, 6) is -3.44. The molecule has 0 aliphatic heterocycles. The van der Waals surface area contributed by atoms with Crippen LogP contribution in [0.2, 0.25) is 0 Å². The van der Waals surface area contributed by atoms with Gasteiger partial charge in [-0.3, -0.25) is 4.79 Å². The molecule has 2 aromatic carbocycles. The third kappa shape index (κ3) is 1.87. The van der Waals surface area contributed by atoms with E-state index in [2.05, 4.69) is 0 Å². The van der Waals surface area contributed by atoms with Crippen molar-refractivity contribution in [3.8, 4) is 40.1 Å². The van der Waals surface area contributed by atoms with E-state index in [9.17, 15) is 30.3 Å². The summed E-state index contributed by atoms with van der Waals surface area (Å²) in [6, 6.07) is 5.96. The Labute approximate surface area is 122 Å². The summed E-state index contributed by atoms with van der Waals surface area (Å²) in [6.07, 6.45) is 0. The average Bonchev–Trinajstić information content (AvgIpc) is 2.49. The van der Waals surface area contributed by atoms with Crippen LogP contribution in [-0.2, 0) is 0 Å².